The summed E-state index contributed by atoms with van der Waals surface area (Å²) in [5, 5.41) is 12.9. The van der Waals surface area contributed by atoms with Crippen LogP contribution in [0.1, 0.15) is 15.9 Å². The van der Waals surface area contributed by atoms with E-state index in [1.165, 1.54) is 7.11 Å². The topological polar surface area (TPSA) is 75.6 Å². The second kappa shape index (κ2) is 8.10. The van der Waals surface area contributed by atoms with Crippen molar-refractivity contribution >= 4 is 11.9 Å². The van der Waals surface area contributed by atoms with Gasteiger partial charge in [0, 0.05) is 5.56 Å². The van der Waals surface area contributed by atoms with Gasteiger partial charge in [-0.1, -0.05) is 48.5 Å². The van der Waals surface area contributed by atoms with Gasteiger partial charge in [0.2, 0.25) is 0 Å². The van der Waals surface area contributed by atoms with Gasteiger partial charge in [-0.3, -0.25) is 4.79 Å². The molecule has 0 aliphatic rings. The predicted molar refractivity (Wildman–Crippen MR) is 85.9 cm³/mol. The number of methoxy groups -OCH3 is 1. The van der Waals surface area contributed by atoms with Crippen molar-refractivity contribution in [2.75, 3.05) is 7.11 Å². The number of rotatable bonds is 6. The van der Waals surface area contributed by atoms with Crippen molar-refractivity contribution in [1.29, 1.82) is 0 Å². The van der Waals surface area contributed by atoms with Gasteiger partial charge < -0.3 is 15.2 Å². The van der Waals surface area contributed by atoms with Crippen LogP contribution >= 0.6 is 0 Å². The van der Waals surface area contributed by atoms with Crippen LogP contribution in [0.5, 0.6) is 0 Å². The van der Waals surface area contributed by atoms with Crippen molar-refractivity contribution in [3.63, 3.8) is 0 Å². The van der Waals surface area contributed by atoms with Crippen molar-refractivity contribution in [2.24, 2.45) is 0 Å². The molecule has 23 heavy (non-hydrogen) atoms. The Morgan fingerprint density at radius 3 is 2.17 bits per heavy atom. The Hall–Kier alpha value is -2.66. The molecule has 0 aliphatic carbocycles. The molecule has 5 heteroatoms. The summed E-state index contributed by atoms with van der Waals surface area (Å²) in [5.74, 6) is -1.13. The maximum atomic E-state index is 12.3. The number of ether oxygens (including phenoxy) is 1. The van der Waals surface area contributed by atoms with E-state index in [1.807, 2.05) is 36.4 Å². The molecular formula is C18H19NO4. The molecule has 120 valence electrons. The quantitative estimate of drug-likeness (QED) is 0.794. The lowest BCUT2D eigenvalue weighted by Gasteiger charge is -2.22. The molecule has 2 aromatic rings. The minimum Gasteiger partial charge on any atom is -0.467 e. The summed E-state index contributed by atoms with van der Waals surface area (Å²) < 4.78 is 4.58. The van der Waals surface area contributed by atoms with Crippen LogP contribution in [0.4, 0.5) is 0 Å². The highest BCUT2D eigenvalue weighted by Gasteiger charge is 2.28. The third-order valence-corrected chi connectivity index (χ3v) is 3.47. The fourth-order valence-corrected chi connectivity index (χ4v) is 2.24. The van der Waals surface area contributed by atoms with Gasteiger partial charge in [0.1, 0.15) is 0 Å². The van der Waals surface area contributed by atoms with Gasteiger partial charge in [-0.25, -0.2) is 4.79 Å². The van der Waals surface area contributed by atoms with E-state index in [0.29, 0.717) is 12.0 Å². The molecule has 0 saturated carbocycles. The highest BCUT2D eigenvalue weighted by Crippen LogP contribution is 2.09. The number of benzene rings is 2. The summed E-state index contributed by atoms with van der Waals surface area (Å²) in [7, 11) is 1.20. The lowest BCUT2D eigenvalue weighted by Crippen LogP contribution is -2.48. The summed E-state index contributed by atoms with van der Waals surface area (Å²) in [6.07, 6.45) is -1.12. The Morgan fingerprint density at radius 1 is 1.04 bits per heavy atom. The monoisotopic (exact) mass is 313 g/mol. The number of carbonyl (C=O) groups excluding carboxylic acids is 2. The standard InChI is InChI=1S/C18H19NO4/c1-23-18(22)16(20)15(12-13-8-4-2-5-9-13)19-17(21)14-10-6-3-7-11-14/h2-11,15-16,20H,12H2,1H3,(H,19,21)/t15-,16-/m0/s1. The molecule has 0 heterocycles. The van der Waals surface area contributed by atoms with Crippen molar-refractivity contribution in [3.05, 3.63) is 71.8 Å². The van der Waals surface area contributed by atoms with Gasteiger partial charge >= 0.3 is 5.97 Å². The fraction of sp³-hybridized carbons (Fsp3) is 0.222. The normalized spacial score (nSPS) is 13.0. The molecule has 2 atom stereocenters. The lowest BCUT2D eigenvalue weighted by molar-refractivity contribution is -0.151. The molecule has 2 aromatic carbocycles. The molecule has 0 unspecified atom stereocenters. The number of aliphatic hydroxyl groups is 1. The minimum atomic E-state index is -1.44. The van der Waals surface area contributed by atoms with Gasteiger partial charge in [-0.15, -0.1) is 0 Å². The molecule has 0 bridgehead atoms. The maximum Gasteiger partial charge on any atom is 0.336 e. The average molecular weight is 313 g/mol. The molecule has 0 radical (unpaired) electrons. The Bertz CT molecular complexity index is 643. The van der Waals surface area contributed by atoms with Crippen molar-refractivity contribution < 1.29 is 19.4 Å². The van der Waals surface area contributed by atoms with Crippen LogP contribution in [0.25, 0.3) is 0 Å². The zero-order valence-electron chi connectivity index (χ0n) is 12.8. The van der Waals surface area contributed by atoms with Crippen LogP contribution in [-0.4, -0.2) is 36.2 Å². The highest BCUT2D eigenvalue weighted by molar-refractivity contribution is 5.94. The summed E-state index contributed by atoms with van der Waals surface area (Å²) in [5.41, 5.74) is 1.36. The summed E-state index contributed by atoms with van der Waals surface area (Å²) in [4.78, 5) is 23.9. The first-order chi connectivity index (χ1) is 11.1. The Labute approximate surface area is 134 Å². The number of esters is 1. The second-order valence-electron chi connectivity index (χ2n) is 5.10. The first-order valence-electron chi connectivity index (χ1n) is 7.27. The van der Waals surface area contributed by atoms with E-state index < -0.39 is 18.1 Å². The summed E-state index contributed by atoms with van der Waals surface area (Å²) in [6, 6.07) is 17.2. The molecule has 5 nitrogen and oxygen atoms in total. The van der Waals surface area contributed by atoms with E-state index in [0.717, 1.165) is 5.56 Å². The molecule has 0 aromatic heterocycles. The molecular weight excluding hydrogens is 294 g/mol. The highest BCUT2D eigenvalue weighted by atomic mass is 16.5. The van der Waals surface area contributed by atoms with Gasteiger partial charge in [0.05, 0.1) is 13.2 Å². The number of amides is 1. The smallest absolute Gasteiger partial charge is 0.336 e. The number of nitrogens with one attached hydrogen (secondary N) is 1. The predicted octanol–water partition coefficient (Wildman–Crippen LogP) is 1.56. The van der Waals surface area contributed by atoms with Gasteiger partial charge in [-0.2, -0.15) is 0 Å². The van der Waals surface area contributed by atoms with Crippen LogP contribution in [0.15, 0.2) is 60.7 Å². The van der Waals surface area contributed by atoms with Crippen LogP contribution in [-0.2, 0) is 16.0 Å². The van der Waals surface area contributed by atoms with Gasteiger partial charge in [0.15, 0.2) is 6.10 Å². The Balaban J connectivity index is 2.16. The average Bonchev–Trinajstić information content (AvgIpc) is 2.61. The number of carbonyl (C=O) groups is 2. The third kappa shape index (κ3) is 4.66. The molecule has 0 saturated heterocycles. The lowest BCUT2D eigenvalue weighted by atomic mass is 10.0. The second-order valence-corrected chi connectivity index (χ2v) is 5.10. The third-order valence-electron chi connectivity index (χ3n) is 3.47. The molecule has 2 rings (SSSR count). The molecule has 2 N–H and O–H groups in total. The van der Waals surface area contributed by atoms with Gasteiger partial charge in [-0.05, 0) is 24.1 Å². The summed E-state index contributed by atoms with van der Waals surface area (Å²) >= 11 is 0. The number of hydrogen-bond acceptors (Lipinski definition) is 4. The van der Waals surface area contributed by atoms with Gasteiger partial charge in [0.25, 0.3) is 5.91 Å². The molecule has 0 aliphatic heterocycles. The zero-order chi connectivity index (χ0) is 16.7. The molecule has 0 spiro atoms. The van der Waals surface area contributed by atoms with E-state index in [1.54, 1.807) is 24.3 Å². The van der Waals surface area contributed by atoms with E-state index in [-0.39, 0.29) is 5.91 Å². The van der Waals surface area contributed by atoms with Crippen molar-refractivity contribution in [2.45, 2.75) is 18.6 Å². The van der Waals surface area contributed by atoms with E-state index in [9.17, 15) is 14.7 Å². The number of aliphatic hydroxyl groups excluding tert-OH is 1. The van der Waals surface area contributed by atoms with E-state index in [4.69, 9.17) is 0 Å². The number of hydrogen-bond donors (Lipinski definition) is 2. The van der Waals surface area contributed by atoms with Crippen LogP contribution in [0.2, 0.25) is 0 Å². The Kier molecular flexibility index (Phi) is 5.88. The Morgan fingerprint density at radius 2 is 1.61 bits per heavy atom. The minimum absolute atomic E-state index is 0.315. The largest absolute Gasteiger partial charge is 0.467 e. The molecule has 0 fully saturated rings. The molecule has 1 amide bonds. The summed E-state index contributed by atoms with van der Waals surface area (Å²) in [6.45, 7) is 0. The van der Waals surface area contributed by atoms with Crippen LogP contribution in [0, 0.1) is 0 Å². The first kappa shape index (κ1) is 16.7. The van der Waals surface area contributed by atoms with E-state index >= 15 is 0 Å². The van der Waals surface area contributed by atoms with Crippen LogP contribution in [0.3, 0.4) is 0 Å². The van der Waals surface area contributed by atoms with Crippen molar-refractivity contribution in [1.82, 2.24) is 5.32 Å². The van der Waals surface area contributed by atoms with Crippen LogP contribution < -0.4 is 5.32 Å². The van der Waals surface area contributed by atoms with E-state index in [2.05, 4.69) is 10.1 Å². The zero-order valence-corrected chi connectivity index (χ0v) is 12.8. The fourth-order valence-electron chi connectivity index (χ4n) is 2.24. The van der Waals surface area contributed by atoms with Crippen molar-refractivity contribution in [3.8, 4) is 0 Å². The maximum absolute atomic E-state index is 12.3. The first-order valence-corrected chi connectivity index (χ1v) is 7.27. The SMILES string of the molecule is COC(=O)[C@@H](O)[C@H](Cc1ccccc1)NC(=O)c1ccccc1.